The third-order valence-corrected chi connectivity index (χ3v) is 11.3. The number of ketones is 1. The highest BCUT2D eigenvalue weighted by Gasteiger charge is 2.60. The fourth-order valence-corrected chi connectivity index (χ4v) is 9.37. The molecule has 4 aliphatic rings. The maximum absolute atomic E-state index is 12.1. The third-order valence-electron chi connectivity index (χ3n) is 11.3. The lowest BCUT2D eigenvalue weighted by Crippen LogP contribution is -2.52. The first-order chi connectivity index (χ1) is 15.0. The number of hydrogen-bond acceptors (Lipinski definition) is 3. The van der Waals surface area contributed by atoms with Crippen molar-refractivity contribution in [2.75, 3.05) is 0 Å². The van der Waals surface area contributed by atoms with E-state index in [1.165, 1.54) is 37.7 Å². The van der Waals surface area contributed by atoms with Crippen LogP contribution in [0.3, 0.4) is 0 Å². The summed E-state index contributed by atoms with van der Waals surface area (Å²) in [5.41, 5.74) is 1.94. The minimum atomic E-state index is -0.636. The van der Waals surface area contributed by atoms with Gasteiger partial charge in [0.2, 0.25) is 0 Å². The monoisotopic (exact) mass is 444 g/mol. The molecule has 32 heavy (non-hydrogen) atoms. The van der Waals surface area contributed by atoms with Crippen LogP contribution in [0.2, 0.25) is 0 Å². The third kappa shape index (κ3) is 3.74. The van der Waals surface area contributed by atoms with Gasteiger partial charge in [-0.15, -0.1) is 0 Å². The van der Waals surface area contributed by atoms with Gasteiger partial charge in [-0.25, -0.2) is 0 Å². The topological polar surface area (TPSA) is 57.5 Å². The van der Waals surface area contributed by atoms with E-state index < -0.39 is 12.2 Å². The minimum absolute atomic E-state index is 0.131. The molecule has 0 amide bonds. The summed E-state index contributed by atoms with van der Waals surface area (Å²) in [6.45, 7) is 13.6. The van der Waals surface area contributed by atoms with Crippen molar-refractivity contribution in [2.24, 2.45) is 52.3 Å². The normalized spacial score (nSPS) is 43.0. The molecule has 0 aromatic rings. The summed E-state index contributed by atoms with van der Waals surface area (Å²) in [6, 6.07) is 0. The molecule has 3 heteroatoms. The van der Waals surface area contributed by atoms with E-state index in [1.807, 2.05) is 6.08 Å². The number of carbonyl (C=O) groups excluding carboxylic acids is 1. The summed E-state index contributed by atoms with van der Waals surface area (Å²) >= 11 is 0. The van der Waals surface area contributed by atoms with Gasteiger partial charge in [0, 0.05) is 6.42 Å². The predicted octanol–water partition coefficient (Wildman–Crippen LogP) is 6.17. The van der Waals surface area contributed by atoms with Crippen LogP contribution in [0.4, 0.5) is 0 Å². The van der Waals surface area contributed by atoms with Gasteiger partial charge in [0.05, 0.1) is 12.2 Å². The van der Waals surface area contributed by atoms with E-state index in [4.69, 9.17) is 0 Å². The Hall–Kier alpha value is -0.670. The van der Waals surface area contributed by atoms with Crippen molar-refractivity contribution in [3.05, 3.63) is 11.6 Å². The molecule has 0 heterocycles. The van der Waals surface area contributed by atoms with E-state index in [9.17, 15) is 15.0 Å². The van der Waals surface area contributed by atoms with Crippen molar-refractivity contribution in [3.8, 4) is 0 Å². The lowest BCUT2D eigenvalue weighted by molar-refractivity contribution is -0.118. The van der Waals surface area contributed by atoms with E-state index in [0.717, 1.165) is 37.5 Å². The molecule has 0 spiro atoms. The van der Waals surface area contributed by atoms with Gasteiger partial charge in [0.25, 0.3) is 0 Å². The number of aliphatic hydroxyl groups excluding tert-OH is 2. The SMILES string of the molecule is CC[C@@H](C(C)C)[C@@H](O)[C@H](O)[C@@H](C)[C@H]1CC[C@H]2[C@@H]3CCC4=CC(=O)CC[C@]4(C)[C@H]3CC[C@]12C. The summed E-state index contributed by atoms with van der Waals surface area (Å²) in [4.78, 5) is 12.1. The van der Waals surface area contributed by atoms with Gasteiger partial charge in [0.15, 0.2) is 5.78 Å². The molecule has 4 rings (SSSR count). The van der Waals surface area contributed by atoms with Gasteiger partial charge < -0.3 is 10.2 Å². The lowest BCUT2D eigenvalue weighted by Gasteiger charge is -2.58. The van der Waals surface area contributed by atoms with Gasteiger partial charge in [-0.05, 0) is 103 Å². The molecule has 0 unspecified atom stereocenters. The maximum Gasteiger partial charge on any atom is 0.155 e. The number of hydrogen-bond donors (Lipinski definition) is 2. The van der Waals surface area contributed by atoms with Gasteiger partial charge >= 0.3 is 0 Å². The second-order valence-electron chi connectivity index (χ2n) is 12.9. The van der Waals surface area contributed by atoms with E-state index >= 15 is 0 Å². The van der Waals surface area contributed by atoms with Crippen LogP contribution >= 0.6 is 0 Å². The highest BCUT2D eigenvalue weighted by Crippen LogP contribution is 2.67. The summed E-state index contributed by atoms with van der Waals surface area (Å²) in [6.07, 6.45) is 10.7. The summed E-state index contributed by atoms with van der Waals surface area (Å²) in [7, 11) is 0. The Labute approximate surface area is 196 Å². The predicted molar refractivity (Wildman–Crippen MR) is 130 cm³/mol. The number of aliphatic hydroxyl groups is 2. The number of carbonyl (C=O) groups is 1. The maximum atomic E-state index is 12.1. The van der Waals surface area contributed by atoms with Crippen LogP contribution in [0.15, 0.2) is 11.6 Å². The largest absolute Gasteiger partial charge is 0.390 e. The van der Waals surface area contributed by atoms with Crippen molar-refractivity contribution in [1.29, 1.82) is 0 Å². The first-order valence-electron chi connectivity index (χ1n) is 13.6. The number of fused-ring (bicyclic) bond motifs is 5. The van der Waals surface area contributed by atoms with E-state index in [0.29, 0.717) is 23.5 Å². The molecular formula is C29H48O3. The highest BCUT2D eigenvalue weighted by molar-refractivity contribution is 5.91. The first-order valence-corrected chi connectivity index (χ1v) is 13.6. The zero-order chi connectivity index (χ0) is 23.4. The fraction of sp³-hybridized carbons (Fsp3) is 0.897. The van der Waals surface area contributed by atoms with Gasteiger partial charge in [-0.3, -0.25) is 4.79 Å². The standard InChI is InChI=1S/C29H48O3/c1-7-21(17(2)3)27(32)26(31)18(4)23-10-11-24-22-9-8-19-16-20(30)12-14-28(19,5)25(22)13-15-29(23,24)6/h16-18,21-27,31-32H,7-15H2,1-6H3/t18-,21-,22-,23+,24-,25-,26+,27+,28-,29+/m0/s1. The van der Waals surface area contributed by atoms with Crippen LogP contribution in [0.5, 0.6) is 0 Å². The molecule has 0 aromatic carbocycles. The van der Waals surface area contributed by atoms with Crippen molar-refractivity contribution in [2.45, 2.75) is 112 Å². The first kappa shape index (κ1) is 24.5. The second-order valence-corrected chi connectivity index (χ2v) is 12.9. The quantitative estimate of drug-likeness (QED) is 0.515. The Kier molecular flexibility index (Phi) is 6.75. The van der Waals surface area contributed by atoms with E-state index in [2.05, 4.69) is 41.5 Å². The molecule has 2 N–H and O–H groups in total. The van der Waals surface area contributed by atoms with E-state index in [-0.39, 0.29) is 22.7 Å². The Morgan fingerprint density at radius 1 is 0.969 bits per heavy atom. The molecule has 4 aliphatic carbocycles. The number of rotatable bonds is 6. The molecule has 0 bridgehead atoms. The minimum Gasteiger partial charge on any atom is -0.390 e. The van der Waals surface area contributed by atoms with Gasteiger partial charge in [-0.1, -0.05) is 53.5 Å². The van der Waals surface area contributed by atoms with Crippen LogP contribution in [-0.2, 0) is 4.79 Å². The van der Waals surface area contributed by atoms with Gasteiger partial charge in [-0.2, -0.15) is 0 Å². The van der Waals surface area contributed by atoms with Crippen LogP contribution in [0.1, 0.15) is 99.3 Å². The Morgan fingerprint density at radius 2 is 1.69 bits per heavy atom. The Bertz CT molecular complexity index is 741. The zero-order valence-electron chi connectivity index (χ0n) is 21.4. The molecule has 3 saturated carbocycles. The molecule has 3 nitrogen and oxygen atoms in total. The summed E-state index contributed by atoms with van der Waals surface area (Å²) < 4.78 is 0. The van der Waals surface area contributed by atoms with Crippen molar-refractivity contribution in [3.63, 3.8) is 0 Å². The average molecular weight is 445 g/mol. The molecular weight excluding hydrogens is 396 g/mol. The molecule has 3 fully saturated rings. The van der Waals surface area contributed by atoms with Crippen molar-refractivity contribution < 1.29 is 15.0 Å². The van der Waals surface area contributed by atoms with Crippen molar-refractivity contribution in [1.82, 2.24) is 0 Å². The number of allylic oxidation sites excluding steroid dienone is 1. The van der Waals surface area contributed by atoms with Crippen molar-refractivity contribution >= 4 is 5.78 Å². The lowest BCUT2D eigenvalue weighted by atomic mass is 9.46. The average Bonchev–Trinajstić information content (AvgIpc) is 3.10. The summed E-state index contributed by atoms with van der Waals surface area (Å²) in [5.74, 6) is 3.68. The van der Waals surface area contributed by atoms with Gasteiger partial charge in [0.1, 0.15) is 0 Å². The smallest absolute Gasteiger partial charge is 0.155 e. The molecule has 182 valence electrons. The Morgan fingerprint density at radius 3 is 2.34 bits per heavy atom. The second kappa shape index (κ2) is 8.84. The van der Waals surface area contributed by atoms with E-state index in [1.54, 1.807) is 0 Å². The molecule has 0 aromatic heterocycles. The fourth-order valence-electron chi connectivity index (χ4n) is 9.37. The summed E-state index contributed by atoms with van der Waals surface area (Å²) in [5, 5.41) is 22.3. The van der Waals surface area contributed by atoms with Crippen LogP contribution < -0.4 is 0 Å². The highest BCUT2D eigenvalue weighted by atomic mass is 16.3. The zero-order valence-corrected chi connectivity index (χ0v) is 21.4. The Balaban J connectivity index is 1.53. The van der Waals surface area contributed by atoms with Crippen LogP contribution in [0.25, 0.3) is 0 Å². The van der Waals surface area contributed by atoms with Crippen LogP contribution in [0, 0.1) is 52.3 Å². The molecule has 0 aliphatic heterocycles. The molecule has 10 atom stereocenters. The molecule has 0 radical (unpaired) electrons. The van der Waals surface area contributed by atoms with Crippen LogP contribution in [-0.4, -0.2) is 28.2 Å². The molecule has 0 saturated heterocycles.